The Balaban J connectivity index is 2.22. The van der Waals surface area contributed by atoms with Gasteiger partial charge in [0, 0.05) is 11.8 Å². The Labute approximate surface area is 217 Å². The molecule has 0 spiro atoms. The van der Waals surface area contributed by atoms with Gasteiger partial charge in [0.05, 0.1) is 0 Å². The van der Waals surface area contributed by atoms with Crippen molar-refractivity contribution in [2.24, 2.45) is 11.8 Å². The minimum atomic E-state index is 0.297. The van der Waals surface area contributed by atoms with Crippen molar-refractivity contribution in [3.8, 4) is 0 Å². The highest BCUT2D eigenvalue weighted by molar-refractivity contribution is 6.21. The molecule has 0 nitrogen and oxygen atoms in total. The lowest BCUT2D eigenvalue weighted by Crippen LogP contribution is -2.13. The fraction of sp³-hybridized carbons (Fsp3) is 0.412. The van der Waals surface area contributed by atoms with Gasteiger partial charge in [-0.2, -0.15) is 0 Å². The molecule has 3 unspecified atom stereocenters. The summed E-state index contributed by atoms with van der Waals surface area (Å²) in [6.07, 6.45) is 22.0. The van der Waals surface area contributed by atoms with Crippen molar-refractivity contribution in [2.45, 2.75) is 78.6 Å². The van der Waals surface area contributed by atoms with Crippen LogP contribution < -0.4 is 0 Å². The van der Waals surface area contributed by atoms with Crippen molar-refractivity contribution in [3.63, 3.8) is 0 Å². The van der Waals surface area contributed by atoms with Crippen LogP contribution in [-0.4, -0.2) is 7.85 Å². The molecule has 0 radical (unpaired) electrons. The minimum Gasteiger partial charge on any atom is -0.113 e. The van der Waals surface area contributed by atoms with Crippen molar-refractivity contribution < 1.29 is 0 Å². The van der Waals surface area contributed by atoms with Crippen LogP contribution in [0.5, 0.6) is 0 Å². The largest absolute Gasteiger partial charge is 0.133 e. The first-order valence-corrected chi connectivity index (χ1v) is 13.7. The molecule has 186 valence electrons. The fourth-order valence-electron chi connectivity index (χ4n) is 4.86. The van der Waals surface area contributed by atoms with Crippen molar-refractivity contribution >= 4 is 13.4 Å². The molecule has 1 aliphatic rings. The summed E-state index contributed by atoms with van der Waals surface area (Å²) in [6.45, 7) is 22.4. The molecule has 0 saturated carbocycles. The van der Waals surface area contributed by atoms with Crippen LogP contribution in [0.15, 0.2) is 103 Å². The van der Waals surface area contributed by atoms with Gasteiger partial charge in [0.1, 0.15) is 7.85 Å². The molecule has 0 aliphatic heterocycles. The van der Waals surface area contributed by atoms with E-state index in [2.05, 4.69) is 116 Å². The summed E-state index contributed by atoms with van der Waals surface area (Å²) in [4.78, 5) is 0. The van der Waals surface area contributed by atoms with E-state index >= 15 is 0 Å². The first-order chi connectivity index (χ1) is 16.8. The van der Waals surface area contributed by atoms with E-state index in [1.54, 1.807) is 0 Å². The van der Waals surface area contributed by atoms with Gasteiger partial charge in [0.2, 0.25) is 0 Å². The highest BCUT2D eigenvalue weighted by Gasteiger charge is 2.26. The Bertz CT molecular complexity index is 993. The maximum atomic E-state index is 4.59. The molecular weight excluding hydrogens is 419 g/mol. The van der Waals surface area contributed by atoms with Crippen LogP contribution in [0, 0.1) is 11.8 Å². The first-order valence-electron chi connectivity index (χ1n) is 13.7. The van der Waals surface area contributed by atoms with E-state index in [4.69, 9.17) is 0 Å². The van der Waals surface area contributed by atoms with Gasteiger partial charge in [-0.1, -0.05) is 133 Å². The van der Waals surface area contributed by atoms with Crippen LogP contribution in [0.4, 0.5) is 0 Å². The number of unbranched alkanes of at least 4 members (excludes halogenated alkanes) is 3. The highest BCUT2D eigenvalue weighted by Crippen LogP contribution is 2.43. The minimum absolute atomic E-state index is 0.297. The summed E-state index contributed by atoms with van der Waals surface area (Å²) in [5, 5.41) is 0. The summed E-state index contributed by atoms with van der Waals surface area (Å²) in [7, 11) is 2.14. The van der Waals surface area contributed by atoms with Crippen LogP contribution in [0.25, 0.3) is 5.57 Å². The average Bonchev–Trinajstić information content (AvgIpc) is 2.83. The lowest BCUT2D eigenvalue weighted by Gasteiger charge is -2.30. The van der Waals surface area contributed by atoms with Gasteiger partial charge < -0.3 is 0 Å². The number of allylic oxidation sites excluding steroid dienone is 11. The lowest BCUT2D eigenvalue weighted by molar-refractivity contribution is 0.596. The molecule has 1 heteroatoms. The molecule has 1 aliphatic carbocycles. The molecular formula is C34H47B. The third-order valence-corrected chi connectivity index (χ3v) is 7.02. The standard InChI is InChI=1S/C34H47B/c1-8-10-11-12-16-25(3)21-22-30(9-2)28(6)34-24-31(23-26(4)17-15-18-27(5)35)33-20-14-13-19-32(33)29(34)7/h13-15,17-22,24,26,30-31H,3,6-12,16,23,35H2,1-2,4-5H3/b17-15-,22-21-,27-18+. The average molecular weight is 467 g/mol. The summed E-state index contributed by atoms with van der Waals surface area (Å²) in [6, 6.07) is 8.78. The zero-order valence-corrected chi connectivity index (χ0v) is 23.1. The van der Waals surface area contributed by atoms with Crippen LogP contribution in [0.1, 0.15) is 89.7 Å². The highest BCUT2D eigenvalue weighted by atomic mass is 14.3. The summed E-state index contributed by atoms with van der Waals surface area (Å²) in [5.74, 6) is 1.15. The number of rotatable bonds is 14. The molecule has 0 N–H and O–H groups in total. The molecule has 0 amide bonds. The molecule has 2 rings (SSSR count). The van der Waals surface area contributed by atoms with Gasteiger partial charge in [-0.05, 0) is 59.4 Å². The third-order valence-electron chi connectivity index (χ3n) is 7.02. The lowest BCUT2D eigenvalue weighted by atomic mass is 9.74. The molecule has 35 heavy (non-hydrogen) atoms. The zero-order valence-electron chi connectivity index (χ0n) is 23.1. The number of hydrogen-bond acceptors (Lipinski definition) is 0. The summed E-state index contributed by atoms with van der Waals surface area (Å²) in [5.41, 5.74) is 8.74. The first kappa shape index (κ1) is 28.7. The second kappa shape index (κ2) is 14.8. The van der Waals surface area contributed by atoms with Gasteiger partial charge in [0.15, 0.2) is 0 Å². The van der Waals surface area contributed by atoms with Gasteiger partial charge in [-0.3, -0.25) is 0 Å². The predicted molar refractivity (Wildman–Crippen MR) is 161 cm³/mol. The maximum Gasteiger partial charge on any atom is 0.133 e. The maximum absolute atomic E-state index is 4.59. The molecule has 0 aromatic heterocycles. The van der Waals surface area contributed by atoms with Crippen LogP contribution in [0.3, 0.4) is 0 Å². The molecule has 0 bridgehead atoms. The monoisotopic (exact) mass is 466 g/mol. The quantitative estimate of drug-likeness (QED) is 0.145. The van der Waals surface area contributed by atoms with Crippen molar-refractivity contribution in [1.82, 2.24) is 0 Å². The molecule has 1 aromatic carbocycles. The van der Waals surface area contributed by atoms with Gasteiger partial charge in [-0.25, -0.2) is 0 Å². The van der Waals surface area contributed by atoms with E-state index in [9.17, 15) is 0 Å². The van der Waals surface area contributed by atoms with E-state index < -0.39 is 0 Å². The molecule has 3 atom stereocenters. The van der Waals surface area contributed by atoms with Crippen LogP contribution in [-0.2, 0) is 0 Å². The Hall–Kier alpha value is -2.54. The van der Waals surface area contributed by atoms with Crippen molar-refractivity contribution in [2.75, 3.05) is 0 Å². The number of benzene rings is 1. The van der Waals surface area contributed by atoms with Crippen LogP contribution in [0.2, 0.25) is 0 Å². The molecule has 0 fully saturated rings. The van der Waals surface area contributed by atoms with E-state index in [1.165, 1.54) is 59.0 Å². The Morgan fingerprint density at radius 2 is 1.83 bits per heavy atom. The Morgan fingerprint density at radius 1 is 1.09 bits per heavy atom. The van der Waals surface area contributed by atoms with E-state index in [1.807, 2.05) is 0 Å². The smallest absolute Gasteiger partial charge is 0.113 e. The van der Waals surface area contributed by atoms with Crippen LogP contribution >= 0.6 is 0 Å². The zero-order chi connectivity index (χ0) is 25.8. The topological polar surface area (TPSA) is 0 Å². The van der Waals surface area contributed by atoms with E-state index in [-0.39, 0.29) is 0 Å². The number of fused-ring (bicyclic) bond motifs is 1. The summed E-state index contributed by atoms with van der Waals surface area (Å²) >= 11 is 0. The second-order valence-corrected chi connectivity index (χ2v) is 10.5. The van der Waals surface area contributed by atoms with Gasteiger partial charge in [-0.15, -0.1) is 5.47 Å². The predicted octanol–water partition coefficient (Wildman–Crippen LogP) is 9.51. The van der Waals surface area contributed by atoms with E-state index in [0.717, 1.165) is 24.8 Å². The van der Waals surface area contributed by atoms with Crippen molar-refractivity contribution in [3.05, 3.63) is 114 Å². The Morgan fingerprint density at radius 3 is 2.51 bits per heavy atom. The van der Waals surface area contributed by atoms with E-state index in [0.29, 0.717) is 17.8 Å². The van der Waals surface area contributed by atoms with Crippen molar-refractivity contribution in [1.29, 1.82) is 0 Å². The SMILES string of the molecule is B/C(C)=C/C=C\C(C)CC1C=C(C(=C)C(/C=C\C(=C)CCCCCC)CC)C(=C)c2ccccc21. The molecule has 0 saturated heterocycles. The molecule has 1 aromatic rings. The second-order valence-electron chi connectivity index (χ2n) is 10.5. The summed E-state index contributed by atoms with van der Waals surface area (Å²) < 4.78 is 0. The number of hydrogen-bond donors (Lipinski definition) is 0. The Kier molecular flexibility index (Phi) is 12.1. The normalized spacial score (nSPS) is 17.9. The van der Waals surface area contributed by atoms with Gasteiger partial charge in [0.25, 0.3) is 0 Å². The fourth-order valence-corrected chi connectivity index (χ4v) is 4.86. The van der Waals surface area contributed by atoms with Gasteiger partial charge >= 0.3 is 0 Å². The third kappa shape index (κ3) is 8.88. The molecule has 0 heterocycles.